The number of pyridine rings is 2. The van der Waals surface area contributed by atoms with Crippen LogP contribution in [0.5, 0.6) is 0 Å². The summed E-state index contributed by atoms with van der Waals surface area (Å²) in [6, 6.07) is 16.3. The minimum absolute atomic E-state index is 0.0818. The van der Waals surface area contributed by atoms with Crippen LogP contribution in [-0.4, -0.2) is 33.4 Å². The van der Waals surface area contributed by atoms with Crippen LogP contribution in [0.15, 0.2) is 65.7 Å². The van der Waals surface area contributed by atoms with Crippen molar-refractivity contribution in [1.29, 1.82) is 0 Å². The number of nitrogens with zero attached hydrogens (tertiary/aromatic N) is 3. The Morgan fingerprint density at radius 3 is 2.53 bits per heavy atom. The van der Waals surface area contributed by atoms with Crippen molar-refractivity contribution in [1.82, 2.24) is 14.5 Å². The van der Waals surface area contributed by atoms with E-state index in [4.69, 9.17) is 0 Å². The number of carbonyl (C=O) groups is 1. The second-order valence-electron chi connectivity index (χ2n) is 10.6. The summed E-state index contributed by atoms with van der Waals surface area (Å²) in [6.07, 6.45) is 12.2. The molecule has 1 aliphatic carbocycles. The Labute approximate surface area is 214 Å². The normalized spacial score (nSPS) is 18.8. The van der Waals surface area contributed by atoms with E-state index >= 15 is 0 Å². The van der Waals surface area contributed by atoms with Crippen molar-refractivity contribution in [2.75, 3.05) is 13.1 Å². The first kappa shape index (κ1) is 24.5. The average Bonchev–Trinajstić information content (AvgIpc) is 3.28. The molecule has 188 valence electrons. The van der Waals surface area contributed by atoms with Crippen molar-refractivity contribution in [2.24, 2.45) is 5.92 Å². The number of benzene rings is 1. The molecule has 0 spiro atoms. The van der Waals surface area contributed by atoms with Crippen molar-refractivity contribution >= 4 is 5.91 Å². The van der Waals surface area contributed by atoms with E-state index in [0.717, 1.165) is 42.6 Å². The fourth-order valence-electron chi connectivity index (χ4n) is 6.17. The van der Waals surface area contributed by atoms with Gasteiger partial charge >= 0.3 is 0 Å². The van der Waals surface area contributed by atoms with E-state index in [0.29, 0.717) is 37.0 Å². The molecule has 0 bridgehead atoms. The van der Waals surface area contributed by atoms with Crippen molar-refractivity contribution in [3.05, 3.63) is 99.2 Å². The maximum Gasteiger partial charge on any atom is 0.259 e. The van der Waals surface area contributed by atoms with Crippen LogP contribution >= 0.6 is 0 Å². The Bertz CT molecular complexity index is 1230. The summed E-state index contributed by atoms with van der Waals surface area (Å²) < 4.78 is 2.20. The molecule has 1 atom stereocenters. The van der Waals surface area contributed by atoms with Gasteiger partial charge in [-0.2, -0.15) is 0 Å². The van der Waals surface area contributed by atoms with Crippen LogP contribution < -0.4 is 5.43 Å². The Kier molecular flexibility index (Phi) is 7.64. The molecule has 3 aromatic rings. The number of likely N-dealkylation sites (tertiary alicyclic amines) is 1. The molecule has 5 rings (SSSR count). The first-order valence-electron chi connectivity index (χ1n) is 13.6. The summed E-state index contributed by atoms with van der Waals surface area (Å²) in [5.74, 6) is 0.911. The second kappa shape index (κ2) is 11.2. The summed E-state index contributed by atoms with van der Waals surface area (Å²) >= 11 is 0. The minimum Gasteiger partial charge on any atom is -0.343 e. The number of hydrogen-bond acceptors (Lipinski definition) is 3. The van der Waals surface area contributed by atoms with Gasteiger partial charge in [0.1, 0.15) is 5.56 Å². The summed E-state index contributed by atoms with van der Waals surface area (Å²) in [6.45, 7) is 4.01. The fourth-order valence-corrected chi connectivity index (χ4v) is 6.17. The van der Waals surface area contributed by atoms with E-state index in [1.54, 1.807) is 12.3 Å². The molecular formula is C31H37N3O2. The Hall–Kier alpha value is -3.21. The van der Waals surface area contributed by atoms with Gasteiger partial charge in [0.05, 0.1) is 0 Å². The lowest BCUT2D eigenvalue weighted by Crippen LogP contribution is -2.37. The number of aromatic nitrogens is 2. The van der Waals surface area contributed by atoms with E-state index in [-0.39, 0.29) is 11.3 Å². The summed E-state index contributed by atoms with van der Waals surface area (Å²) in [7, 11) is 0. The third kappa shape index (κ3) is 5.45. The maximum atomic E-state index is 14.0. The first-order chi connectivity index (χ1) is 17.6. The molecule has 2 fully saturated rings. The molecule has 1 unspecified atom stereocenters. The van der Waals surface area contributed by atoms with Crippen LogP contribution in [0.1, 0.15) is 83.7 Å². The topological polar surface area (TPSA) is 55.2 Å². The molecule has 1 aliphatic heterocycles. The molecule has 1 amide bonds. The molecule has 2 aliphatic rings. The average molecular weight is 484 g/mol. The van der Waals surface area contributed by atoms with E-state index in [1.807, 2.05) is 24.1 Å². The summed E-state index contributed by atoms with van der Waals surface area (Å²) in [5, 5.41) is 0. The van der Waals surface area contributed by atoms with Crippen LogP contribution in [0.25, 0.3) is 0 Å². The van der Waals surface area contributed by atoms with Crippen molar-refractivity contribution in [2.45, 2.75) is 70.8 Å². The van der Waals surface area contributed by atoms with E-state index < -0.39 is 0 Å². The minimum atomic E-state index is -0.128. The quantitative estimate of drug-likeness (QED) is 0.449. The zero-order valence-electron chi connectivity index (χ0n) is 21.4. The summed E-state index contributed by atoms with van der Waals surface area (Å²) in [4.78, 5) is 33.7. The van der Waals surface area contributed by atoms with Crippen molar-refractivity contribution in [3.63, 3.8) is 0 Å². The number of amides is 1. The van der Waals surface area contributed by atoms with Crippen LogP contribution in [0.2, 0.25) is 0 Å². The lowest BCUT2D eigenvalue weighted by atomic mass is 9.92. The third-order valence-corrected chi connectivity index (χ3v) is 8.15. The van der Waals surface area contributed by atoms with Gasteiger partial charge in [-0.1, -0.05) is 62.1 Å². The highest BCUT2D eigenvalue weighted by Gasteiger charge is 2.29. The molecule has 3 heterocycles. The Morgan fingerprint density at radius 2 is 1.78 bits per heavy atom. The molecular weight excluding hydrogens is 446 g/mol. The molecule has 2 aromatic heterocycles. The van der Waals surface area contributed by atoms with Gasteiger partial charge in [0.2, 0.25) is 0 Å². The van der Waals surface area contributed by atoms with Gasteiger partial charge in [0.25, 0.3) is 5.91 Å². The fraction of sp³-hybridized carbons (Fsp3) is 0.452. The van der Waals surface area contributed by atoms with E-state index in [9.17, 15) is 9.59 Å². The van der Waals surface area contributed by atoms with E-state index in [2.05, 4.69) is 45.9 Å². The second-order valence-corrected chi connectivity index (χ2v) is 10.6. The van der Waals surface area contributed by atoms with Crippen LogP contribution in [0.4, 0.5) is 0 Å². The standard InChI is InChI=1S/C31H37N3O2/c1-23-19-29(35)30(31(36)33-17-8-14-27(15-18-33)26-12-3-2-4-13-26)28(20-24-9-5-6-10-24)34(23)22-25-11-7-16-32-21-25/h2-4,7,11-13,16,19,21,24,27H,5-6,8-10,14-15,17-18,20,22H2,1H3. The molecule has 1 saturated carbocycles. The number of carbonyl (C=O) groups excluding carboxylic acids is 1. The smallest absolute Gasteiger partial charge is 0.259 e. The Morgan fingerprint density at radius 1 is 0.972 bits per heavy atom. The van der Waals surface area contributed by atoms with E-state index in [1.165, 1.54) is 31.2 Å². The predicted octanol–water partition coefficient (Wildman–Crippen LogP) is 5.74. The lowest BCUT2D eigenvalue weighted by molar-refractivity contribution is 0.0757. The van der Waals surface area contributed by atoms with Crippen molar-refractivity contribution < 1.29 is 4.79 Å². The highest BCUT2D eigenvalue weighted by atomic mass is 16.2. The largest absolute Gasteiger partial charge is 0.343 e. The molecule has 5 nitrogen and oxygen atoms in total. The maximum absolute atomic E-state index is 14.0. The SMILES string of the molecule is Cc1cc(=O)c(C(=O)N2CCCC(c3ccccc3)CC2)c(CC2CCCC2)n1Cc1cccnc1. The molecule has 36 heavy (non-hydrogen) atoms. The van der Waals surface area contributed by atoms with Gasteiger partial charge in [-0.15, -0.1) is 0 Å². The molecule has 1 aromatic carbocycles. The highest BCUT2D eigenvalue weighted by Crippen LogP contribution is 2.31. The van der Waals surface area contributed by atoms with Crippen LogP contribution in [0.3, 0.4) is 0 Å². The van der Waals surface area contributed by atoms with Crippen molar-refractivity contribution in [3.8, 4) is 0 Å². The predicted molar refractivity (Wildman–Crippen MR) is 143 cm³/mol. The zero-order valence-corrected chi connectivity index (χ0v) is 21.4. The van der Waals surface area contributed by atoms with Gasteiger partial charge < -0.3 is 9.47 Å². The van der Waals surface area contributed by atoms with Gasteiger partial charge in [-0.25, -0.2) is 0 Å². The van der Waals surface area contributed by atoms with Gasteiger partial charge in [0.15, 0.2) is 5.43 Å². The lowest BCUT2D eigenvalue weighted by Gasteiger charge is -2.26. The van der Waals surface area contributed by atoms with Crippen LogP contribution in [-0.2, 0) is 13.0 Å². The summed E-state index contributed by atoms with van der Waals surface area (Å²) in [5.41, 5.74) is 4.53. The van der Waals surface area contributed by atoms with Gasteiger partial charge in [-0.3, -0.25) is 14.6 Å². The van der Waals surface area contributed by atoms with Crippen LogP contribution in [0, 0.1) is 12.8 Å². The number of hydrogen-bond donors (Lipinski definition) is 0. The van der Waals surface area contributed by atoms with Gasteiger partial charge in [-0.05, 0) is 61.6 Å². The zero-order chi connectivity index (χ0) is 24.9. The van der Waals surface area contributed by atoms with Gasteiger partial charge in [0, 0.05) is 49.5 Å². The number of aryl methyl sites for hydroxylation is 1. The Balaban J connectivity index is 1.47. The number of rotatable bonds is 6. The third-order valence-electron chi connectivity index (χ3n) is 8.15. The molecule has 5 heteroatoms. The molecule has 0 radical (unpaired) electrons. The first-order valence-corrected chi connectivity index (χ1v) is 13.6. The monoisotopic (exact) mass is 483 g/mol. The highest BCUT2D eigenvalue weighted by molar-refractivity contribution is 5.95. The molecule has 0 N–H and O–H groups in total. The molecule has 1 saturated heterocycles.